The van der Waals surface area contributed by atoms with E-state index in [-0.39, 0.29) is 29.9 Å². The van der Waals surface area contributed by atoms with Gasteiger partial charge in [0.25, 0.3) is 0 Å². The van der Waals surface area contributed by atoms with E-state index < -0.39 is 29.7 Å². The second-order valence-corrected chi connectivity index (χ2v) is 9.67. The summed E-state index contributed by atoms with van der Waals surface area (Å²) in [5.74, 6) is 0.177. The molecule has 1 saturated heterocycles. The molecule has 2 heterocycles. The number of imidazole rings is 1. The Morgan fingerprint density at radius 1 is 1.31 bits per heavy atom. The molecule has 3 rings (SSSR count). The van der Waals surface area contributed by atoms with Gasteiger partial charge in [-0.3, -0.25) is 0 Å². The Balaban J connectivity index is 1.56. The van der Waals surface area contributed by atoms with Crippen LogP contribution >= 0.6 is 11.8 Å². The van der Waals surface area contributed by atoms with Gasteiger partial charge in [0.05, 0.1) is 29.8 Å². The van der Waals surface area contributed by atoms with Crippen LogP contribution in [0, 0.1) is 5.92 Å². The van der Waals surface area contributed by atoms with E-state index >= 15 is 0 Å². The van der Waals surface area contributed by atoms with Crippen LogP contribution in [0.5, 0.6) is 0 Å². The number of nitrogens with zero attached hydrogens (tertiary/aromatic N) is 2. The number of aliphatic hydroxyl groups is 4. The smallest absolute Gasteiger partial charge is 0.416 e. The van der Waals surface area contributed by atoms with Gasteiger partial charge in [-0.15, -0.1) is 11.8 Å². The van der Waals surface area contributed by atoms with Crippen molar-refractivity contribution >= 4 is 17.9 Å². The molecule has 8 atom stereocenters. The first-order valence-corrected chi connectivity index (χ1v) is 11.1. The van der Waals surface area contributed by atoms with Crippen LogP contribution in [-0.2, 0) is 6.42 Å². The van der Waals surface area contributed by atoms with Gasteiger partial charge in [-0.2, -0.15) is 0 Å². The molecule has 0 radical (unpaired) electrons. The van der Waals surface area contributed by atoms with Crippen LogP contribution in [0.3, 0.4) is 0 Å². The highest BCUT2D eigenvalue weighted by Crippen LogP contribution is 2.42. The predicted octanol–water partition coefficient (Wildman–Crippen LogP) is 0.0476. The van der Waals surface area contributed by atoms with Crippen LogP contribution in [0.15, 0.2) is 12.5 Å². The minimum Gasteiger partial charge on any atom is -0.464 e. The van der Waals surface area contributed by atoms with Gasteiger partial charge in [0.15, 0.2) is 0 Å². The van der Waals surface area contributed by atoms with Gasteiger partial charge in [0.1, 0.15) is 12.4 Å². The van der Waals surface area contributed by atoms with Crippen molar-refractivity contribution in [1.29, 1.82) is 0 Å². The first-order chi connectivity index (χ1) is 13.8. The lowest BCUT2D eigenvalue weighted by atomic mass is 9.80. The topological polar surface area (TPSA) is 148 Å². The summed E-state index contributed by atoms with van der Waals surface area (Å²) in [7, 11) is 0. The zero-order valence-electron chi connectivity index (χ0n) is 16.5. The summed E-state index contributed by atoms with van der Waals surface area (Å²) in [5.41, 5.74) is 0.709. The first kappa shape index (κ1) is 22.5. The summed E-state index contributed by atoms with van der Waals surface area (Å²) in [5, 5.41) is 52.0. The number of thioether (sulfide) groups is 1. The maximum Gasteiger partial charge on any atom is 0.416 e. The standard InChI is InChI=1S/C19H31N3O6S/c1-10(5-13-7-22(9-20-13)19(27)28)21-12-4-2-3-11(6-12)18-17(26)16(25)15(24)14(8-23)29-18/h7,9-12,14-18,21,23-26H,2-6,8H2,1H3,(H,27,28)/t10-,11?,12?,14-,15+,16+,17-,18-/m1/s1. The molecule has 2 unspecified atom stereocenters. The van der Waals surface area contributed by atoms with E-state index in [0.29, 0.717) is 12.1 Å². The quantitative estimate of drug-likeness (QED) is 0.369. The van der Waals surface area contributed by atoms with Crippen molar-refractivity contribution in [3.05, 3.63) is 18.2 Å². The molecule has 1 saturated carbocycles. The van der Waals surface area contributed by atoms with Crippen LogP contribution in [0.2, 0.25) is 0 Å². The molecule has 1 aromatic heterocycles. The Labute approximate surface area is 174 Å². The normalized spacial score (nSPS) is 36.7. The number of carboxylic acid groups (broad SMARTS) is 1. The molecule has 1 aromatic rings. The molecular formula is C19H31N3O6S. The molecule has 1 aliphatic carbocycles. The minimum absolute atomic E-state index is 0.109. The fraction of sp³-hybridized carbons (Fsp3) is 0.789. The van der Waals surface area contributed by atoms with Gasteiger partial charge in [0, 0.05) is 30.0 Å². The zero-order chi connectivity index (χ0) is 21.1. The molecule has 0 bridgehead atoms. The maximum absolute atomic E-state index is 11.0. The van der Waals surface area contributed by atoms with Crippen LogP contribution in [-0.4, -0.2) is 88.7 Å². The van der Waals surface area contributed by atoms with Gasteiger partial charge in [0.2, 0.25) is 0 Å². The van der Waals surface area contributed by atoms with Crippen LogP contribution < -0.4 is 5.32 Å². The summed E-state index contributed by atoms with van der Waals surface area (Å²) in [6.45, 7) is 1.80. The lowest BCUT2D eigenvalue weighted by Crippen LogP contribution is -2.56. The van der Waals surface area contributed by atoms with Crippen LogP contribution in [0.4, 0.5) is 4.79 Å². The number of aliphatic hydroxyl groups excluding tert-OH is 4. The van der Waals surface area contributed by atoms with Gasteiger partial charge >= 0.3 is 6.09 Å². The molecule has 6 N–H and O–H groups in total. The Morgan fingerprint density at radius 3 is 2.72 bits per heavy atom. The molecule has 29 heavy (non-hydrogen) atoms. The van der Waals surface area contributed by atoms with Gasteiger partial charge in [-0.05, 0) is 32.1 Å². The monoisotopic (exact) mass is 429 g/mol. The van der Waals surface area contributed by atoms with Crippen molar-refractivity contribution in [2.24, 2.45) is 5.92 Å². The molecule has 1 aliphatic heterocycles. The van der Waals surface area contributed by atoms with Crippen molar-refractivity contribution < 1.29 is 30.3 Å². The number of rotatable bonds is 6. The summed E-state index contributed by atoms with van der Waals surface area (Å²) in [6.07, 6.45) is 2.75. The average molecular weight is 430 g/mol. The van der Waals surface area contributed by atoms with E-state index in [0.717, 1.165) is 30.3 Å². The highest BCUT2D eigenvalue weighted by molar-refractivity contribution is 8.00. The maximum atomic E-state index is 11.0. The highest BCUT2D eigenvalue weighted by Gasteiger charge is 2.46. The molecule has 10 heteroatoms. The molecule has 9 nitrogen and oxygen atoms in total. The van der Waals surface area contributed by atoms with Crippen molar-refractivity contribution in [3.63, 3.8) is 0 Å². The third kappa shape index (κ3) is 5.31. The number of nitrogens with one attached hydrogen (secondary N) is 1. The SMILES string of the molecule is C[C@H](Cc1cn(C(=O)O)cn1)NC1CCCC([C@H]2S[C@H](CO)[C@H](O)[C@H](O)[C@H]2O)C1. The number of hydrogen-bond acceptors (Lipinski definition) is 8. The number of hydrogen-bond donors (Lipinski definition) is 6. The highest BCUT2D eigenvalue weighted by atomic mass is 32.2. The summed E-state index contributed by atoms with van der Waals surface area (Å²) < 4.78 is 1.04. The second kappa shape index (κ2) is 9.76. The van der Waals surface area contributed by atoms with E-state index in [1.165, 1.54) is 24.3 Å². The third-order valence-corrected chi connectivity index (χ3v) is 7.76. The number of carbonyl (C=O) groups is 1. The number of aromatic nitrogens is 2. The summed E-state index contributed by atoms with van der Waals surface area (Å²) in [6, 6.07) is 0.354. The molecule has 0 spiro atoms. The molecule has 0 aromatic carbocycles. The lowest BCUT2D eigenvalue weighted by molar-refractivity contribution is -0.0763. The van der Waals surface area contributed by atoms with E-state index in [1.54, 1.807) is 0 Å². The summed E-state index contributed by atoms with van der Waals surface area (Å²) in [4.78, 5) is 15.1. The second-order valence-electron chi connectivity index (χ2n) is 8.24. The Kier molecular flexibility index (Phi) is 7.58. The van der Waals surface area contributed by atoms with Crippen LogP contribution in [0.25, 0.3) is 0 Å². The zero-order valence-corrected chi connectivity index (χ0v) is 17.3. The lowest BCUT2D eigenvalue weighted by Gasteiger charge is -2.45. The van der Waals surface area contributed by atoms with Crippen molar-refractivity contribution in [2.75, 3.05) is 6.61 Å². The van der Waals surface area contributed by atoms with Gasteiger partial charge < -0.3 is 30.8 Å². The molecule has 164 valence electrons. The summed E-state index contributed by atoms with van der Waals surface area (Å²) >= 11 is 1.38. The van der Waals surface area contributed by atoms with E-state index in [2.05, 4.69) is 10.3 Å². The fourth-order valence-corrected chi connectivity index (χ4v) is 6.15. The molecule has 0 amide bonds. The van der Waals surface area contributed by atoms with Crippen LogP contribution in [0.1, 0.15) is 38.3 Å². The molecule has 2 aliphatic rings. The Morgan fingerprint density at radius 2 is 2.07 bits per heavy atom. The van der Waals surface area contributed by atoms with Crippen molar-refractivity contribution in [1.82, 2.24) is 14.9 Å². The Hall–Kier alpha value is -1.17. The van der Waals surface area contributed by atoms with E-state index in [1.807, 2.05) is 6.92 Å². The predicted molar refractivity (Wildman–Crippen MR) is 108 cm³/mol. The van der Waals surface area contributed by atoms with E-state index in [4.69, 9.17) is 5.11 Å². The molecular weight excluding hydrogens is 398 g/mol. The van der Waals surface area contributed by atoms with Gasteiger partial charge in [-0.25, -0.2) is 14.3 Å². The van der Waals surface area contributed by atoms with Gasteiger partial charge in [-0.1, -0.05) is 6.42 Å². The Bertz CT molecular complexity index is 687. The largest absolute Gasteiger partial charge is 0.464 e. The average Bonchev–Trinajstić information content (AvgIpc) is 3.15. The van der Waals surface area contributed by atoms with Crippen molar-refractivity contribution in [3.8, 4) is 0 Å². The van der Waals surface area contributed by atoms with Crippen molar-refractivity contribution in [2.45, 2.75) is 79.9 Å². The third-order valence-electron chi connectivity index (χ3n) is 6.00. The first-order valence-electron chi connectivity index (χ1n) is 10.1. The molecule has 2 fully saturated rings. The fourth-order valence-electron chi connectivity index (χ4n) is 4.55. The minimum atomic E-state index is -1.24. The van der Waals surface area contributed by atoms with E-state index in [9.17, 15) is 25.2 Å².